The second-order valence-corrected chi connectivity index (χ2v) is 11.6. The minimum Gasteiger partial charge on any atom is -0.355 e. The first-order valence-corrected chi connectivity index (χ1v) is 12.2. The fourth-order valence-corrected chi connectivity index (χ4v) is 5.60. The molecule has 0 bridgehead atoms. The van der Waals surface area contributed by atoms with Gasteiger partial charge >= 0.3 is 0 Å². The van der Waals surface area contributed by atoms with E-state index in [-0.39, 0.29) is 5.41 Å². The molecule has 1 fully saturated rings. The maximum atomic E-state index is 12.2. The van der Waals surface area contributed by atoms with Gasteiger partial charge in [-0.2, -0.15) is 0 Å². The number of hydrogen-bond acceptors (Lipinski definition) is 4. The zero-order valence-electron chi connectivity index (χ0n) is 17.3. The van der Waals surface area contributed by atoms with Gasteiger partial charge in [0, 0.05) is 13.1 Å². The monoisotopic (exact) mass is 476 g/mol. The van der Waals surface area contributed by atoms with Crippen molar-refractivity contribution in [3.8, 4) is 0 Å². The highest BCUT2D eigenvalue weighted by Crippen LogP contribution is 2.56. The summed E-state index contributed by atoms with van der Waals surface area (Å²) in [4.78, 5) is 11.5. The molecule has 1 aromatic heterocycles. The Hall–Kier alpha value is -1.31. The molecule has 1 aliphatic heterocycles. The third-order valence-electron chi connectivity index (χ3n) is 6.91. The van der Waals surface area contributed by atoms with E-state index in [2.05, 4.69) is 50.1 Å². The van der Waals surface area contributed by atoms with Crippen molar-refractivity contribution >= 4 is 32.7 Å². The summed E-state index contributed by atoms with van der Waals surface area (Å²) in [6.07, 6.45) is 5.99. The standard InChI is InChI=1S/C22H29BrN4OS/c1-15-20(23)25-14-19(26-15)27-10-8-22(9-11-27)12-16-6-4-5-7-17(16)18(22)13-21(2,3)29(24)28/h4-7,14,18H,8-13,24H2,1-3H3/t18-,29?/m1/s1. The minimum absolute atomic E-state index is 0.203. The van der Waals surface area contributed by atoms with E-state index in [0.29, 0.717) is 5.92 Å². The lowest BCUT2D eigenvalue weighted by Gasteiger charge is -2.45. The molecule has 0 saturated carbocycles. The van der Waals surface area contributed by atoms with E-state index >= 15 is 0 Å². The van der Waals surface area contributed by atoms with E-state index in [1.807, 2.05) is 27.0 Å². The van der Waals surface area contributed by atoms with Crippen molar-refractivity contribution in [1.82, 2.24) is 9.97 Å². The summed E-state index contributed by atoms with van der Waals surface area (Å²) in [5.74, 6) is 1.34. The first-order valence-electron chi connectivity index (χ1n) is 10.2. The summed E-state index contributed by atoms with van der Waals surface area (Å²) in [5.41, 5.74) is 4.00. The van der Waals surface area contributed by atoms with Crippen LogP contribution < -0.4 is 10.0 Å². The second-order valence-electron chi connectivity index (χ2n) is 9.14. The van der Waals surface area contributed by atoms with Crippen LogP contribution in [0.15, 0.2) is 35.1 Å². The number of nitrogens with zero attached hydrogens (tertiary/aromatic N) is 3. The van der Waals surface area contributed by atoms with Gasteiger partial charge in [0.2, 0.25) is 0 Å². The zero-order chi connectivity index (χ0) is 20.8. The molecule has 4 rings (SSSR count). The molecule has 2 aliphatic rings. The minimum atomic E-state index is -1.34. The van der Waals surface area contributed by atoms with Crippen LogP contribution in [0.4, 0.5) is 5.82 Å². The zero-order valence-corrected chi connectivity index (χ0v) is 19.7. The van der Waals surface area contributed by atoms with Crippen LogP contribution in [-0.2, 0) is 17.4 Å². The molecular weight excluding hydrogens is 448 g/mol. The van der Waals surface area contributed by atoms with Gasteiger partial charge in [0.25, 0.3) is 0 Å². The van der Waals surface area contributed by atoms with Gasteiger partial charge in [0.1, 0.15) is 10.4 Å². The molecule has 1 saturated heterocycles. The lowest BCUT2D eigenvalue weighted by Crippen LogP contribution is -2.45. The molecule has 1 aliphatic carbocycles. The van der Waals surface area contributed by atoms with Crippen LogP contribution in [0, 0.1) is 12.3 Å². The lowest BCUT2D eigenvalue weighted by atomic mass is 9.67. The summed E-state index contributed by atoms with van der Waals surface area (Å²) in [5, 5.41) is 5.86. The number of halogens is 1. The molecular formula is C22H29BrN4OS. The Bertz CT molecular complexity index is 940. The first kappa shape index (κ1) is 20.9. The Morgan fingerprint density at radius 1 is 1.31 bits per heavy atom. The van der Waals surface area contributed by atoms with E-state index in [1.165, 1.54) is 11.1 Å². The predicted octanol–water partition coefficient (Wildman–Crippen LogP) is 4.27. The molecule has 0 radical (unpaired) electrons. The van der Waals surface area contributed by atoms with Crippen LogP contribution in [0.2, 0.25) is 0 Å². The average molecular weight is 477 g/mol. The molecule has 7 heteroatoms. The van der Waals surface area contributed by atoms with E-state index in [1.54, 1.807) is 0 Å². The normalized spacial score (nSPS) is 22.0. The van der Waals surface area contributed by atoms with Gasteiger partial charge in [-0.25, -0.2) is 14.2 Å². The van der Waals surface area contributed by atoms with Crippen LogP contribution in [0.1, 0.15) is 55.8 Å². The molecule has 5 nitrogen and oxygen atoms in total. The smallest absolute Gasteiger partial charge is 0.147 e. The predicted molar refractivity (Wildman–Crippen MR) is 122 cm³/mol. The number of nitrogens with two attached hydrogens (primary N) is 1. The molecule has 29 heavy (non-hydrogen) atoms. The number of fused-ring (bicyclic) bond motifs is 1. The van der Waals surface area contributed by atoms with Crippen molar-refractivity contribution < 1.29 is 4.21 Å². The van der Waals surface area contributed by atoms with E-state index < -0.39 is 15.7 Å². The lowest BCUT2D eigenvalue weighted by molar-refractivity contribution is 0.170. The highest BCUT2D eigenvalue weighted by molar-refractivity contribution is 9.10. The number of hydrogen-bond donors (Lipinski definition) is 1. The number of piperidine rings is 1. The van der Waals surface area contributed by atoms with Gasteiger partial charge in [-0.1, -0.05) is 24.3 Å². The van der Waals surface area contributed by atoms with Crippen molar-refractivity contribution in [2.75, 3.05) is 18.0 Å². The molecule has 0 amide bonds. The Labute approximate surface area is 184 Å². The highest BCUT2D eigenvalue weighted by atomic mass is 79.9. The molecule has 2 N–H and O–H groups in total. The van der Waals surface area contributed by atoms with E-state index in [9.17, 15) is 4.21 Å². The summed E-state index contributed by atoms with van der Waals surface area (Å²) >= 11 is 3.44. The molecule has 1 aromatic carbocycles. The van der Waals surface area contributed by atoms with Gasteiger partial charge in [0.05, 0.1) is 27.6 Å². The Morgan fingerprint density at radius 3 is 2.66 bits per heavy atom. The molecule has 1 unspecified atom stereocenters. The summed E-state index contributed by atoms with van der Waals surface area (Å²) in [6.45, 7) is 7.98. The largest absolute Gasteiger partial charge is 0.355 e. The molecule has 2 atom stereocenters. The topological polar surface area (TPSA) is 72.1 Å². The highest BCUT2D eigenvalue weighted by Gasteiger charge is 2.49. The van der Waals surface area contributed by atoms with Crippen molar-refractivity contribution in [2.45, 2.75) is 57.1 Å². The van der Waals surface area contributed by atoms with Crippen LogP contribution in [0.25, 0.3) is 0 Å². The van der Waals surface area contributed by atoms with E-state index in [0.717, 1.165) is 54.9 Å². The SMILES string of the molecule is Cc1nc(N2CCC3(CC2)Cc2ccccc2[C@H]3CC(C)(C)S(N)=O)cnc1Br. The Kier molecular flexibility index (Phi) is 5.59. The molecule has 156 valence electrons. The van der Waals surface area contributed by atoms with Crippen molar-refractivity contribution in [3.63, 3.8) is 0 Å². The fraction of sp³-hybridized carbons (Fsp3) is 0.545. The third kappa shape index (κ3) is 3.89. The van der Waals surface area contributed by atoms with Gasteiger partial charge in [-0.3, -0.25) is 5.14 Å². The van der Waals surface area contributed by atoms with Crippen molar-refractivity contribution in [3.05, 3.63) is 51.9 Å². The number of aryl methyl sites for hydroxylation is 1. The van der Waals surface area contributed by atoms with Gasteiger partial charge in [0.15, 0.2) is 0 Å². The molecule has 2 heterocycles. The maximum absolute atomic E-state index is 12.2. The average Bonchev–Trinajstić information content (AvgIpc) is 2.97. The number of rotatable bonds is 4. The van der Waals surface area contributed by atoms with Gasteiger partial charge < -0.3 is 4.90 Å². The quantitative estimate of drug-likeness (QED) is 0.714. The van der Waals surface area contributed by atoms with Crippen LogP contribution in [0.5, 0.6) is 0 Å². The van der Waals surface area contributed by atoms with Gasteiger partial charge in [-0.15, -0.1) is 0 Å². The summed E-state index contributed by atoms with van der Waals surface area (Å²) in [7, 11) is -1.34. The van der Waals surface area contributed by atoms with E-state index in [4.69, 9.17) is 10.1 Å². The Balaban J connectivity index is 1.59. The summed E-state index contributed by atoms with van der Waals surface area (Å²) in [6, 6.07) is 8.79. The number of benzene rings is 1. The van der Waals surface area contributed by atoms with Crippen molar-refractivity contribution in [1.29, 1.82) is 0 Å². The van der Waals surface area contributed by atoms with Crippen LogP contribution in [0.3, 0.4) is 0 Å². The van der Waals surface area contributed by atoms with Crippen LogP contribution >= 0.6 is 15.9 Å². The molecule has 2 aromatic rings. The maximum Gasteiger partial charge on any atom is 0.147 e. The Morgan fingerprint density at radius 2 is 2.00 bits per heavy atom. The second kappa shape index (κ2) is 7.75. The fourth-order valence-electron chi connectivity index (χ4n) is 5.08. The van der Waals surface area contributed by atoms with Crippen LogP contribution in [-0.4, -0.2) is 32.0 Å². The van der Waals surface area contributed by atoms with Crippen molar-refractivity contribution in [2.24, 2.45) is 10.6 Å². The number of aromatic nitrogens is 2. The summed E-state index contributed by atoms with van der Waals surface area (Å²) < 4.78 is 12.6. The third-order valence-corrected chi connectivity index (χ3v) is 8.94. The van der Waals surface area contributed by atoms with Gasteiger partial charge in [-0.05, 0) is 84.8 Å². The number of anilines is 1. The molecule has 1 spiro atoms. The first-order chi connectivity index (χ1) is 13.7.